The molecule has 0 unspecified atom stereocenters. The van der Waals surface area contributed by atoms with E-state index in [1.165, 1.54) is 37.7 Å². The minimum atomic E-state index is -0.0932. The molecule has 0 aromatic carbocycles. The highest BCUT2D eigenvalue weighted by Gasteiger charge is 2.22. The topological polar surface area (TPSA) is 38.9 Å². The molecular formula is C14H20N2. The van der Waals surface area contributed by atoms with Crippen molar-refractivity contribution in [3.05, 3.63) is 42.2 Å². The summed E-state index contributed by atoms with van der Waals surface area (Å²) < 4.78 is 0. The summed E-state index contributed by atoms with van der Waals surface area (Å²) in [7, 11) is 0. The third kappa shape index (κ3) is 2.50. The molecule has 1 aromatic rings. The van der Waals surface area contributed by atoms with Crippen molar-refractivity contribution in [2.75, 3.05) is 0 Å². The molecule has 1 heterocycles. The Kier molecular flexibility index (Phi) is 3.73. The quantitative estimate of drug-likeness (QED) is 0.788. The van der Waals surface area contributed by atoms with Gasteiger partial charge in [-0.3, -0.25) is 4.98 Å². The smallest absolute Gasteiger partial charge is 0.0685 e. The number of hydrogen-bond acceptors (Lipinski definition) is 2. The average Bonchev–Trinajstić information content (AvgIpc) is 2.39. The number of rotatable bonds is 3. The minimum absolute atomic E-state index is 0.0932. The third-order valence-electron chi connectivity index (χ3n) is 3.54. The summed E-state index contributed by atoms with van der Waals surface area (Å²) in [6.45, 7) is 4.19. The molecule has 1 aliphatic rings. The Morgan fingerprint density at radius 3 is 2.69 bits per heavy atom. The fourth-order valence-electron chi connectivity index (χ4n) is 2.48. The summed E-state index contributed by atoms with van der Waals surface area (Å²) in [6.07, 6.45) is 8.29. The number of pyridine rings is 1. The van der Waals surface area contributed by atoms with Crippen LogP contribution in [0.25, 0.3) is 0 Å². The Labute approximate surface area is 97.6 Å². The minimum Gasteiger partial charge on any atom is -0.319 e. The Morgan fingerprint density at radius 1 is 1.31 bits per heavy atom. The van der Waals surface area contributed by atoms with Gasteiger partial charge in [0.25, 0.3) is 0 Å². The van der Waals surface area contributed by atoms with Gasteiger partial charge in [-0.1, -0.05) is 37.5 Å². The van der Waals surface area contributed by atoms with Crippen molar-refractivity contribution in [1.29, 1.82) is 0 Å². The van der Waals surface area contributed by atoms with E-state index in [9.17, 15) is 0 Å². The molecule has 16 heavy (non-hydrogen) atoms. The van der Waals surface area contributed by atoms with E-state index in [0.717, 1.165) is 5.69 Å². The van der Waals surface area contributed by atoms with Crippen LogP contribution >= 0.6 is 0 Å². The van der Waals surface area contributed by atoms with Crippen LogP contribution in [0.3, 0.4) is 0 Å². The van der Waals surface area contributed by atoms with Crippen LogP contribution in [0.1, 0.15) is 43.8 Å². The van der Waals surface area contributed by atoms with Crippen molar-refractivity contribution in [3.8, 4) is 0 Å². The molecule has 0 bridgehead atoms. The molecule has 1 fully saturated rings. The summed E-state index contributed by atoms with van der Waals surface area (Å²) in [6, 6.07) is 5.79. The first kappa shape index (κ1) is 11.3. The first-order valence-electron chi connectivity index (χ1n) is 6.14. The second kappa shape index (κ2) is 5.26. The van der Waals surface area contributed by atoms with Gasteiger partial charge in [0.15, 0.2) is 0 Å². The highest BCUT2D eigenvalue weighted by Crippen LogP contribution is 2.33. The predicted octanol–water partition coefficient (Wildman–Crippen LogP) is 3.22. The van der Waals surface area contributed by atoms with Crippen LogP contribution in [0.2, 0.25) is 0 Å². The molecule has 1 aromatic heterocycles. The predicted molar refractivity (Wildman–Crippen MR) is 66.9 cm³/mol. The maximum Gasteiger partial charge on any atom is 0.0685 e. The van der Waals surface area contributed by atoms with E-state index in [1.807, 2.05) is 18.2 Å². The fraction of sp³-hybridized carbons (Fsp3) is 0.500. The van der Waals surface area contributed by atoms with Gasteiger partial charge >= 0.3 is 0 Å². The zero-order valence-corrected chi connectivity index (χ0v) is 9.73. The van der Waals surface area contributed by atoms with Gasteiger partial charge < -0.3 is 5.73 Å². The van der Waals surface area contributed by atoms with E-state index in [1.54, 1.807) is 6.20 Å². The monoisotopic (exact) mass is 216 g/mol. The van der Waals surface area contributed by atoms with Crippen molar-refractivity contribution in [3.63, 3.8) is 0 Å². The summed E-state index contributed by atoms with van der Waals surface area (Å²) in [4.78, 5) is 4.31. The molecule has 2 N–H and O–H groups in total. The van der Waals surface area contributed by atoms with E-state index >= 15 is 0 Å². The van der Waals surface area contributed by atoms with Crippen LogP contribution in [0.15, 0.2) is 36.5 Å². The third-order valence-corrected chi connectivity index (χ3v) is 3.54. The Hall–Kier alpha value is -1.15. The number of nitrogens with zero attached hydrogens (tertiary/aromatic N) is 1. The lowest BCUT2D eigenvalue weighted by molar-refractivity contribution is 0.388. The first-order chi connectivity index (χ1) is 7.79. The molecule has 1 saturated carbocycles. The molecule has 0 saturated heterocycles. The summed E-state index contributed by atoms with van der Waals surface area (Å²) >= 11 is 0. The molecule has 2 heteroatoms. The van der Waals surface area contributed by atoms with E-state index in [-0.39, 0.29) is 6.04 Å². The SMILES string of the molecule is C=C(C1CCCCC1)[C@H](N)c1ccccn1. The maximum absolute atomic E-state index is 6.21. The molecule has 0 aliphatic heterocycles. The Morgan fingerprint density at radius 2 is 2.06 bits per heavy atom. The van der Waals surface area contributed by atoms with E-state index in [2.05, 4.69) is 11.6 Å². The van der Waals surface area contributed by atoms with E-state index < -0.39 is 0 Å². The van der Waals surface area contributed by atoms with Crippen molar-refractivity contribution in [2.24, 2.45) is 11.7 Å². The maximum atomic E-state index is 6.21. The molecule has 86 valence electrons. The fourth-order valence-corrected chi connectivity index (χ4v) is 2.48. The van der Waals surface area contributed by atoms with Gasteiger partial charge in [0.2, 0.25) is 0 Å². The molecule has 1 aliphatic carbocycles. The van der Waals surface area contributed by atoms with Crippen LogP contribution in [0.5, 0.6) is 0 Å². The second-order valence-corrected chi connectivity index (χ2v) is 4.64. The zero-order valence-electron chi connectivity index (χ0n) is 9.73. The van der Waals surface area contributed by atoms with Gasteiger partial charge in [-0.25, -0.2) is 0 Å². The molecule has 0 radical (unpaired) electrons. The molecular weight excluding hydrogens is 196 g/mol. The summed E-state index contributed by atoms with van der Waals surface area (Å²) in [5, 5.41) is 0. The van der Waals surface area contributed by atoms with Crippen molar-refractivity contribution < 1.29 is 0 Å². The molecule has 0 amide bonds. The van der Waals surface area contributed by atoms with Gasteiger partial charge in [-0.2, -0.15) is 0 Å². The molecule has 2 rings (SSSR count). The largest absolute Gasteiger partial charge is 0.319 e. The Bertz CT molecular complexity index is 339. The highest BCUT2D eigenvalue weighted by molar-refractivity contribution is 5.21. The average molecular weight is 216 g/mol. The normalized spacial score (nSPS) is 19.3. The van der Waals surface area contributed by atoms with Crippen LogP contribution < -0.4 is 5.73 Å². The van der Waals surface area contributed by atoms with Crippen LogP contribution in [0.4, 0.5) is 0 Å². The van der Waals surface area contributed by atoms with Crippen molar-refractivity contribution >= 4 is 0 Å². The molecule has 2 nitrogen and oxygen atoms in total. The number of aromatic nitrogens is 1. The van der Waals surface area contributed by atoms with E-state index in [0.29, 0.717) is 5.92 Å². The molecule has 0 spiro atoms. The van der Waals surface area contributed by atoms with Gasteiger partial charge in [0.05, 0.1) is 11.7 Å². The highest BCUT2D eigenvalue weighted by atomic mass is 14.8. The van der Waals surface area contributed by atoms with Crippen LogP contribution in [-0.2, 0) is 0 Å². The van der Waals surface area contributed by atoms with Gasteiger partial charge in [-0.15, -0.1) is 0 Å². The van der Waals surface area contributed by atoms with Gasteiger partial charge in [0.1, 0.15) is 0 Å². The lowest BCUT2D eigenvalue weighted by Crippen LogP contribution is -2.21. The number of nitrogens with two attached hydrogens (primary N) is 1. The van der Waals surface area contributed by atoms with Crippen LogP contribution in [0, 0.1) is 5.92 Å². The zero-order chi connectivity index (χ0) is 11.4. The van der Waals surface area contributed by atoms with Gasteiger partial charge in [-0.05, 0) is 30.9 Å². The number of hydrogen-bond donors (Lipinski definition) is 1. The molecule has 1 atom stereocenters. The van der Waals surface area contributed by atoms with E-state index in [4.69, 9.17) is 5.73 Å². The standard InChI is InChI=1S/C14H20N2/c1-11(12-7-3-2-4-8-12)14(15)13-9-5-6-10-16-13/h5-6,9-10,12,14H,1-4,7-8,15H2/t14-/m0/s1. The summed E-state index contributed by atoms with van der Waals surface area (Å²) in [5.74, 6) is 0.603. The summed E-state index contributed by atoms with van der Waals surface area (Å²) in [5.41, 5.74) is 8.32. The van der Waals surface area contributed by atoms with Crippen molar-refractivity contribution in [2.45, 2.75) is 38.1 Å². The van der Waals surface area contributed by atoms with Crippen LogP contribution in [-0.4, -0.2) is 4.98 Å². The first-order valence-corrected chi connectivity index (χ1v) is 6.14. The van der Waals surface area contributed by atoms with Crippen molar-refractivity contribution in [1.82, 2.24) is 4.98 Å². The lowest BCUT2D eigenvalue weighted by Gasteiger charge is -2.27. The van der Waals surface area contributed by atoms with Gasteiger partial charge in [0, 0.05) is 6.20 Å². The second-order valence-electron chi connectivity index (χ2n) is 4.64. The lowest BCUT2D eigenvalue weighted by atomic mass is 9.81. The Balaban J connectivity index is 2.04.